The molecule has 1 aromatic heterocycles. The van der Waals surface area contributed by atoms with Crippen molar-refractivity contribution in [3.05, 3.63) is 32.9 Å². The number of nitrogens with one attached hydrogen (secondary N) is 1. The molecule has 0 aliphatic carbocycles. The molecule has 0 spiro atoms. The second kappa shape index (κ2) is 16.8. The third kappa shape index (κ3) is 9.76. The minimum absolute atomic E-state index is 0.0183. The number of hydrogen-bond donors (Lipinski definition) is 3. The number of aliphatic hydroxyl groups is 2. The highest BCUT2D eigenvalue weighted by atomic mass is 19.1. The molecule has 9 nitrogen and oxygen atoms in total. The highest BCUT2D eigenvalue weighted by Gasteiger charge is 2.56. The minimum Gasteiger partial charge on any atom is -0.382 e. The fourth-order valence-electron chi connectivity index (χ4n) is 5.19. The van der Waals surface area contributed by atoms with E-state index < -0.39 is 59.1 Å². The smallest absolute Gasteiger partial charge is 0.330 e. The largest absolute Gasteiger partial charge is 0.382 e. The number of carbonyl (C=O) groups is 2. The van der Waals surface area contributed by atoms with Crippen molar-refractivity contribution < 1.29 is 28.9 Å². The van der Waals surface area contributed by atoms with Gasteiger partial charge in [-0.3, -0.25) is 23.9 Å². The van der Waals surface area contributed by atoms with Gasteiger partial charge < -0.3 is 14.9 Å². The first kappa shape index (κ1) is 33.0. The Labute approximate surface area is 230 Å². The number of H-pyrrole nitrogens is 1. The Bertz CT molecular complexity index is 1020. The number of halogens is 1. The van der Waals surface area contributed by atoms with Crippen molar-refractivity contribution in [2.24, 2.45) is 0 Å². The lowest BCUT2D eigenvalue weighted by Gasteiger charge is -2.29. The zero-order chi connectivity index (χ0) is 28.8. The van der Waals surface area contributed by atoms with Crippen LogP contribution in [0.15, 0.2) is 15.8 Å². The van der Waals surface area contributed by atoms with Crippen LogP contribution in [0.25, 0.3) is 0 Å². The molecule has 1 aliphatic heterocycles. The summed E-state index contributed by atoms with van der Waals surface area (Å²) in [5.41, 5.74) is -4.44. The summed E-state index contributed by atoms with van der Waals surface area (Å²) in [5, 5.41) is 22.4. The van der Waals surface area contributed by atoms with Crippen LogP contribution in [0.4, 0.5) is 4.39 Å². The highest BCUT2D eigenvalue weighted by Crippen LogP contribution is 2.40. The summed E-state index contributed by atoms with van der Waals surface area (Å²) in [6, 6.07) is 0. The number of rotatable bonds is 20. The van der Waals surface area contributed by atoms with Crippen LogP contribution in [-0.2, 0) is 14.3 Å². The molecule has 39 heavy (non-hydrogen) atoms. The number of ketones is 2. The number of unbranched alkanes of at least 4 members (excludes halogenated alkanes) is 12. The van der Waals surface area contributed by atoms with E-state index in [0.29, 0.717) is 19.0 Å². The maximum atomic E-state index is 13.9. The predicted molar refractivity (Wildman–Crippen MR) is 146 cm³/mol. The number of nitrogens with zero attached hydrogens (tertiary/aromatic N) is 1. The molecule has 2 heterocycles. The maximum absolute atomic E-state index is 13.9. The van der Waals surface area contributed by atoms with Crippen molar-refractivity contribution in [2.75, 3.05) is 0 Å². The van der Waals surface area contributed by atoms with E-state index in [1.165, 1.54) is 6.42 Å². The molecule has 0 radical (unpaired) electrons. The van der Waals surface area contributed by atoms with Crippen molar-refractivity contribution in [1.29, 1.82) is 0 Å². The Balaban J connectivity index is 2.09. The van der Waals surface area contributed by atoms with Crippen molar-refractivity contribution in [2.45, 2.75) is 147 Å². The van der Waals surface area contributed by atoms with Gasteiger partial charge in [0, 0.05) is 19.3 Å². The van der Waals surface area contributed by atoms with Gasteiger partial charge in [0.05, 0.1) is 6.20 Å². The number of carbonyl (C=O) groups excluding carboxylic acids is 2. The summed E-state index contributed by atoms with van der Waals surface area (Å²) in [4.78, 5) is 51.7. The van der Waals surface area contributed by atoms with Crippen LogP contribution in [-0.4, -0.2) is 49.1 Å². The van der Waals surface area contributed by atoms with Gasteiger partial charge in [0.1, 0.15) is 18.4 Å². The Morgan fingerprint density at radius 3 is 2.05 bits per heavy atom. The molecule has 1 fully saturated rings. The van der Waals surface area contributed by atoms with Gasteiger partial charge >= 0.3 is 5.69 Å². The lowest BCUT2D eigenvalue weighted by Crippen LogP contribution is -2.53. The molecule has 222 valence electrons. The maximum Gasteiger partial charge on any atom is 0.330 e. The highest BCUT2D eigenvalue weighted by molar-refractivity contribution is 5.91. The van der Waals surface area contributed by atoms with E-state index >= 15 is 0 Å². The van der Waals surface area contributed by atoms with E-state index in [1.807, 2.05) is 4.98 Å². The lowest BCUT2D eigenvalue weighted by molar-refractivity contribution is -0.160. The number of ether oxygens (including phenoxy) is 1. The van der Waals surface area contributed by atoms with Gasteiger partial charge in [-0.1, -0.05) is 90.9 Å². The molecule has 1 saturated heterocycles. The van der Waals surface area contributed by atoms with Crippen molar-refractivity contribution in [3.8, 4) is 0 Å². The summed E-state index contributed by atoms with van der Waals surface area (Å²) < 4.78 is 20.4. The second-order valence-electron chi connectivity index (χ2n) is 10.9. The van der Waals surface area contributed by atoms with E-state index in [2.05, 4.69) is 13.8 Å². The van der Waals surface area contributed by atoms with Crippen LogP contribution in [0.2, 0.25) is 0 Å². The predicted octanol–water partition coefficient (Wildman–Crippen LogP) is 4.47. The first-order valence-corrected chi connectivity index (χ1v) is 14.8. The molecule has 1 unspecified atom stereocenters. The van der Waals surface area contributed by atoms with Crippen LogP contribution in [0.1, 0.15) is 129 Å². The molecule has 10 heteroatoms. The van der Waals surface area contributed by atoms with Gasteiger partial charge in [-0.05, 0) is 12.8 Å². The van der Waals surface area contributed by atoms with Crippen LogP contribution >= 0.6 is 0 Å². The van der Waals surface area contributed by atoms with E-state index in [9.17, 15) is 33.8 Å². The van der Waals surface area contributed by atoms with Crippen LogP contribution < -0.4 is 11.2 Å². The first-order valence-electron chi connectivity index (χ1n) is 14.8. The molecule has 3 N–H and O–H groups in total. The van der Waals surface area contributed by atoms with Crippen molar-refractivity contribution in [3.63, 3.8) is 0 Å². The van der Waals surface area contributed by atoms with E-state index in [1.54, 1.807) is 0 Å². The van der Waals surface area contributed by atoms with Crippen molar-refractivity contribution in [1.82, 2.24) is 9.55 Å². The van der Waals surface area contributed by atoms with Crippen LogP contribution in [0, 0.1) is 5.82 Å². The van der Waals surface area contributed by atoms with Crippen molar-refractivity contribution >= 4 is 11.6 Å². The van der Waals surface area contributed by atoms with Gasteiger partial charge in [0.25, 0.3) is 5.56 Å². The molecule has 1 aromatic rings. The quantitative estimate of drug-likeness (QED) is 0.202. The fraction of sp³-hybridized carbons (Fsp3) is 0.793. The minimum atomic E-state index is -2.24. The molecule has 4 atom stereocenters. The third-order valence-corrected chi connectivity index (χ3v) is 7.63. The molecular weight excluding hydrogens is 507 g/mol. The Morgan fingerprint density at radius 2 is 1.49 bits per heavy atom. The summed E-state index contributed by atoms with van der Waals surface area (Å²) in [5.74, 6) is -2.39. The standard InChI is InChI=1S/C29H47FN2O7/c1-3-5-7-9-11-13-15-17-22(33)25(35)26-29(38,23(34)18-16-14-12-10-8-6-4-2)19-24(39-26)32-20-21(30)27(36)31-28(32)37/h20,24-26,35,38H,3-19H2,1-2H3,(H,31,36,37)/t24-,25?,26-,29-/m1/s1. The fourth-order valence-corrected chi connectivity index (χ4v) is 5.19. The Morgan fingerprint density at radius 1 is 0.974 bits per heavy atom. The Kier molecular flexibility index (Phi) is 14.3. The van der Waals surface area contributed by atoms with E-state index in [0.717, 1.165) is 75.2 Å². The number of aromatic nitrogens is 2. The second-order valence-corrected chi connectivity index (χ2v) is 10.9. The van der Waals surface area contributed by atoms with Gasteiger partial charge in [0.2, 0.25) is 5.82 Å². The van der Waals surface area contributed by atoms with Crippen LogP contribution in [0.3, 0.4) is 0 Å². The number of Topliss-reactive ketones (excluding diaryl/α,β-unsaturated/α-hetero) is 2. The van der Waals surface area contributed by atoms with Gasteiger partial charge in [-0.15, -0.1) is 0 Å². The SMILES string of the molecule is CCCCCCCCCC(=O)C(O)[C@H]1O[C@@H](n2cc(F)c(=O)[nH]c2=O)C[C@@]1(O)C(=O)CCCCCCCCC. The average molecular weight is 555 g/mol. The monoisotopic (exact) mass is 554 g/mol. The van der Waals surface area contributed by atoms with Gasteiger partial charge in [-0.25, -0.2) is 4.79 Å². The van der Waals surface area contributed by atoms with E-state index in [4.69, 9.17) is 4.74 Å². The normalized spacial score (nSPS) is 21.8. The molecule has 0 bridgehead atoms. The summed E-state index contributed by atoms with van der Waals surface area (Å²) in [6.07, 6.45) is 9.18. The Hall–Kier alpha value is -2.17. The summed E-state index contributed by atoms with van der Waals surface area (Å²) in [7, 11) is 0. The molecule has 0 aromatic carbocycles. The topological polar surface area (TPSA) is 139 Å². The third-order valence-electron chi connectivity index (χ3n) is 7.63. The summed E-state index contributed by atoms with van der Waals surface area (Å²) in [6.45, 7) is 4.27. The lowest BCUT2D eigenvalue weighted by atomic mass is 9.83. The van der Waals surface area contributed by atoms with Crippen LogP contribution in [0.5, 0.6) is 0 Å². The number of hydrogen-bond acceptors (Lipinski definition) is 7. The molecule has 2 rings (SSSR count). The van der Waals surface area contributed by atoms with Gasteiger partial charge in [0.15, 0.2) is 17.2 Å². The average Bonchev–Trinajstić information content (AvgIpc) is 3.27. The molecular formula is C29H47FN2O7. The molecule has 1 aliphatic rings. The number of aliphatic hydroxyl groups excluding tert-OH is 1. The van der Waals surface area contributed by atoms with E-state index in [-0.39, 0.29) is 12.8 Å². The zero-order valence-corrected chi connectivity index (χ0v) is 23.6. The summed E-state index contributed by atoms with van der Waals surface area (Å²) >= 11 is 0. The molecule has 0 amide bonds. The first-order chi connectivity index (χ1) is 18.7. The number of aromatic amines is 1. The van der Waals surface area contributed by atoms with Gasteiger partial charge in [-0.2, -0.15) is 4.39 Å². The zero-order valence-electron chi connectivity index (χ0n) is 23.6. The molecule has 0 saturated carbocycles.